The van der Waals surface area contributed by atoms with E-state index in [0.29, 0.717) is 6.54 Å². The van der Waals surface area contributed by atoms with E-state index < -0.39 is 0 Å². The molecule has 1 fully saturated rings. The van der Waals surface area contributed by atoms with Crippen molar-refractivity contribution in [2.45, 2.75) is 26.3 Å². The Morgan fingerprint density at radius 2 is 2.14 bits per heavy atom. The number of carbonyl (C=O) groups is 1. The third-order valence-electron chi connectivity index (χ3n) is 3.98. The van der Waals surface area contributed by atoms with Crippen LogP contribution in [0.15, 0.2) is 22.7 Å². The number of amides is 1. The molecule has 1 aliphatic rings. The smallest absolute Gasteiger partial charge is 0.241 e. The average Bonchev–Trinajstić information content (AvgIpc) is 2.61. The van der Waals surface area contributed by atoms with Crippen molar-refractivity contribution in [1.82, 2.24) is 10.2 Å². The van der Waals surface area contributed by atoms with Gasteiger partial charge in [-0.1, -0.05) is 28.9 Å². The highest BCUT2D eigenvalue weighted by molar-refractivity contribution is 9.10. The zero-order chi connectivity index (χ0) is 15.4. The van der Waals surface area contributed by atoms with E-state index in [1.807, 2.05) is 11.9 Å². The highest BCUT2D eigenvalue weighted by atomic mass is 79.9. The first-order valence-electron chi connectivity index (χ1n) is 7.54. The normalized spacial score (nSPS) is 17.8. The quantitative estimate of drug-likeness (QED) is 0.903. The fraction of sp³-hybridized carbons (Fsp3) is 0.562. The Bertz CT molecular complexity index is 506. The first-order chi connectivity index (χ1) is 10.0. The van der Waals surface area contributed by atoms with Crippen molar-refractivity contribution in [3.63, 3.8) is 0 Å². The fourth-order valence-electron chi connectivity index (χ4n) is 2.77. The summed E-state index contributed by atoms with van der Waals surface area (Å²) in [6.07, 6.45) is 1.00. The van der Waals surface area contributed by atoms with Gasteiger partial charge in [0.25, 0.3) is 0 Å². The first kappa shape index (κ1) is 16.3. The molecule has 1 amide bonds. The second-order valence-corrected chi connectivity index (χ2v) is 6.49. The Hall–Kier alpha value is -1.07. The lowest BCUT2D eigenvalue weighted by Crippen LogP contribution is -2.35. The predicted molar refractivity (Wildman–Crippen MR) is 90.7 cm³/mol. The molecule has 0 aliphatic carbocycles. The van der Waals surface area contributed by atoms with Crippen molar-refractivity contribution >= 4 is 27.5 Å². The van der Waals surface area contributed by atoms with Crippen LogP contribution in [0.2, 0.25) is 0 Å². The summed E-state index contributed by atoms with van der Waals surface area (Å²) in [5, 5.41) is 3.46. The maximum atomic E-state index is 12.1. The van der Waals surface area contributed by atoms with Gasteiger partial charge in [0.05, 0.1) is 6.54 Å². The summed E-state index contributed by atoms with van der Waals surface area (Å²) in [5.41, 5.74) is 2.40. The van der Waals surface area contributed by atoms with Crippen molar-refractivity contribution in [3.8, 4) is 0 Å². The monoisotopic (exact) mass is 353 g/mol. The Kier molecular flexibility index (Phi) is 5.65. The zero-order valence-corrected chi connectivity index (χ0v) is 14.6. The molecule has 2 rings (SSSR count). The molecule has 0 saturated carbocycles. The molecular formula is C16H24BrN3O. The van der Waals surface area contributed by atoms with Gasteiger partial charge in [0.2, 0.25) is 5.91 Å². The molecule has 5 heteroatoms. The third-order valence-corrected chi connectivity index (χ3v) is 4.48. The van der Waals surface area contributed by atoms with Crippen molar-refractivity contribution in [2.24, 2.45) is 0 Å². The van der Waals surface area contributed by atoms with E-state index in [1.54, 1.807) is 0 Å². The lowest BCUT2D eigenvalue weighted by molar-refractivity contribution is -0.127. The summed E-state index contributed by atoms with van der Waals surface area (Å²) in [6.45, 7) is 7.42. The lowest BCUT2D eigenvalue weighted by Gasteiger charge is -2.27. The predicted octanol–water partition coefficient (Wildman–Crippen LogP) is 2.79. The maximum Gasteiger partial charge on any atom is 0.241 e. The first-order valence-corrected chi connectivity index (χ1v) is 8.34. The average molecular weight is 354 g/mol. The van der Waals surface area contributed by atoms with Crippen LogP contribution >= 0.6 is 15.9 Å². The molecule has 1 aromatic rings. The molecule has 1 aliphatic heterocycles. The van der Waals surface area contributed by atoms with Gasteiger partial charge in [-0.05, 0) is 37.6 Å². The standard InChI is InChI=1S/C16H24BrN3O/c1-4-18-12(2)14-7-6-13(17)10-15(14)20-9-5-8-19(3)16(21)11-20/h6-7,10,12,18H,4-5,8-9,11H2,1-3H3. The summed E-state index contributed by atoms with van der Waals surface area (Å²) < 4.78 is 1.05. The number of hydrogen-bond donors (Lipinski definition) is 1. The van der Waals surface area contributed by atoms with Crippen LogP contribution in [0.5, 0.6) is 0 Å². The van der Waals surface area contributed by atoms with E-state index in [0.717, 1.165) is 36.2 Å². The van der Waals surface area contributed by atoms with Gasteiger partial charge >= 0.3 is 0 Å². The van der Waals surface area contributed by atoms with Crippen molar-refractivity contribution < 1.29 is 4.79 Å². The van der Waals surface area contributed by atoms with E-state index in [9.17, 15) is 4.79 Å². The number of nitrogens with one attached hydrogen (secondary N) is 1. The van der Waals surface area contributed by atoms with Gasteiger partial charge in [0, 0.05) is 36.3 Å². The Morgan fingerprint density at radius 3 is 2.86 bits per heavy atom. The SMILES string of the molecule is CCNC(C)c1ccc(Br)cc1N1CCCN(C)C(=O)C1. The molecule has 1 atom stereocenters. The number of rotatable bonds is 4. The van der Waals surface area contributed by atoms with Crippen LogP contribution in [0.25, 0.3) is 0 Å². The minimum Gasteiger partial charge on any atom is -0.362 e. The highest BCUT2D eigenvalue weighted by Gasteiger charge is 2.22. The summed E-state index contributed by atoms with van der Waals surface area (Å²) in [7, 11) is 1.88. The van der Waals surface area contributed by atoms with Gasteiger partial charge < -0.3 is 15.1 Å². The summed E-state index contributed by atoms with van der Waals surface area (Å²) >= 11 is 3.56. The van der Waals surface area contributed by atoms with Gasteiger partial charge in [-0.2, -0.15) is 0 Å². The molecule has 0 spiro atoms. The van der Waals surface area contributed by atoms with Gasteiger partial charge in [0.15, 0.2) is 0 Å². The van der Waals surface area contributed by atoms with E-state index in [4.69, 9.17) is 0 Å². The van der Waals surface area contributed by atoms with Gasteiger partial charge in [0.1, 0.15) is 0 Å². The topological polar surface area (TPSA) is 35.6 Å². The summed E-state index contributed by atoms with van der Waals surface area (Å²) in [5.74, 6) is 0.189. The van der Waals surface area contributed by atoms with Crippen LogP contribution in [0.1, 0.15) is 31.9 Å². The van der Waals surface area contributed by atoms with Crippen LogP contribution in [-0.4, -0.2) is 44.0 Å². The van der Waals surface area contributed by atoms with Crippen LogP contribution in [0.4, 0.5) is 5.69 Å². The minimum atomic E-state index is 0.189. The second kappa shape index (κ2) is 7.27. The Balaban J connectivity index is 2.32. The number of likely N-dealkylation sites (N-methyl/N-ethyl adjacent to an activating group) is 1. The van der Waals surface area contributed by atoms with E-state index in [1.165, 1.54) is 5.56 Å². The molecule has 0 bridgehead atoms. The van der Waals surface area contributed by atoms with Crippen molar-refractivity contribution in [1.29, 1.82) is 0 Å². The van der Waals surface area contributed by atoms with Crippen LogP contribution in [0, 0.1) is 0 Å². The molecular weight excluding hydrogens is 330 g/mol. The van der Waals surface area contributed by atoms with Gasteiger partial charge in [-0.25, -0.2) is 0 Å². The molecule has 1 N–H and O–H groups in total. The zero-order valence-electron chi connectivity index (χ0n) is 13.0. The molecule has 1 aromatic carbocycles. The minimum absolute atomic E-state index is 0.189. The summed E-state index contributed by atoms with van der Waals surface area (Å²) in [6, 6.07) is 6.61. The van der Waals surface area contributed by atoms with Gasteiger partial charge in [-0.3, -0.25) is 4.79 Å². The molecule has 0 aromatic heterocycles. The van der Waals surface area contributed by atoms with E-state index in [-0.39, 0.29) is 11.9 Å². The fourth-order valence-corrected chi connectivity index (χ4v) is 3.11. The maximum absolute atomic E-state index is 12.1. The number of hydrogen-bond acceptors (Lipinski definition) is 3. The lowest BCUT2D eigenvalue weighted by atomic mass is 10.0. The van der Waals surface area contributed by atoms with Crippen LogP contribution in [-0.2, 0) is 4.79 Å². The number of benzene rings is 1. The van der Waals surface area contributed by atoms with Crippen molar-refractivity contribution in [3.05, 3.63) is 28.2 Å². The number of carbonyl (C=O) groups excluding carboxylic acids is 1. The molecule has 4 nitrogen and oxygen atoms in total. The number of halogens is 1. The van der Waals surface area contributed by atoms with Crippen LogP contribution < -0.4 is 10.2 Å². The largest absolute Gasteiger partial charge is 0.362 e. The molecule has 1 unspecified atom stereocenters. The highest BCUT2D eigenvalue weighted by Crippen LogP contribution is 2.30. The molecule has 0 radical (unpaired) electrons. The van der Waals surface area contributed by atoms with Gasteiger partial charge in [-0.15, -0.1) is 0 Å². The Morgan fingerprint density at radius 1 is 1.38 bits per heavy atom. The van der Waals surface area contributed by atoms with E-state index >= 15 is 0 Å². The third kappa shape index (κ3) is 3.98. The van der Waals surface area contributed by atoms with E-state index in [2.05, 4.69) is 58.2 Å². The second-order valence-electron chi connectivity index (χ2n) is 5.57. The molecule has 1 heterocycles. The summed E-state index contributed by atoms with van der Waals surface area (Å²) in [4.78, 5) is 16.2. The molecule has 116 valence electrons. The van der Waals surface area contributed by atoms with Crippen molar-refractivity contribution in [2.75, 3.05) is 38.1 Å². The number of anilines is 1. The molecule has 1 saturated heterocycles. The van der Waals surface area contributed by atoms with Crippen LogP contribution in [0.3, 0.4) is 0 Å². The molecule has 21 heavy (non-hydrogen) atoms. The Labute approximate surface area is 135 Å². The number of nitrogens with zero attached hydrogens (tertiary/aromatic N) is 2.